The number of carbonyl (C=O) groups is 3. The molecule has 0 spiro atoms. The molecule has 0 aromatic heterocycles. The zero-order chi connectivity index (χ0) is 41.5. The maximum Gasteiger partial charge on any atom is 0.306 e. The summed E-state index contributed by atoms with van der Waals surface area (Å²) < 4.78 is 16.7. The molecule has 0 saturated heterocycles. The molecule has 6 heteroatoms. The van der Waals surface area contributed by atoms with Gasteiger partial charge in [-0.05, 0) is 64.2 Å². The van der Waals surface area contributed by atoms with Gasteiger partial charge in [-0.15, -0.1) is 0 Å². The van der Waals surface area contributed by atoms with E-state index in [1.807, 2.05) is 0 Å². The van der Waals surface area contributed by atoms with Crippen molar-refractivity contribution in [2.45, 2.75) is 232 Å². The van der Waals surface area contributed by atoms with Gasteiger partial charge in [0, 0.05) is 19.3 Å². The Morgan fingerprint density at radius 1 is 0.351 bits per heavy atom. The Morgan fingerprint density at radius 3 is 1.16 bits per heavy atom. The predicted octanol–water partition coefficient (Wildman–Crippen LogP) is 15.3. The van der Waals surface area contributed by atoms with Crippen molar-refractivity contribution in [3.05, 3.63) is 60.8 Å². The third-order valence-electron chi connectivity index (χ3n) is 10.1. The Hall–Kier alpha value is -2.89. The predicted molar refractivity (Wildman–Crippen MR) is 242 cm³/mol. The van der Waals surface area contributed by atoms with Crippen LogP contribution in [0.25, 0.3) is 0 Å². The summed E-state index contributed by atoms with van der Waals surface area (Å²) in [6.45, 7) is 6.51. The Kier molecular flexibility index (Phi) is 43.5. The summed E-state index contributed by atoms with van der Waals surface area (Å²) in [7, 11) is 0. The molecule has 57 heavy (non-hydrogen) atoms. The molecular weight excluding hydrogens is 709 g/mol. The van der Waals surface area contributed by atoms with Crippen molar-refractivity contribution < 1.29 is 28.6 Å². The highest BCUT2D eigenvalue weighted by Gasteiger charge is 2.19. The zero-order valence-electron chi connectivity index (χ0n) is 37.3. The van der Waals surface area contributed by atoms with Gasteiger partial charge in [-0.1, -0.05) is 204 Å². The summed E-state index contributed by atoms with van der Waals surface area (Å²) in [6, 6.07) is 0. The minimum Gasteiger partial charge on any atom is -0.462 e. The molecule has 6 nitrogen and oxygen atoms in total. The first kappa shape index (κ1) is 54.1. The number of esters is 3. The number of allylic oxidation sites excluding steroid dienone is 10. The van der Waals surface area contributed by atoms with Gasteiger partial charge in [-0.2, -0.15) is 0 Å². The van der Waals surface area contributed by atoms with Crippen LogP contribution in [0.2, 0.25) is 0 Å². The number of carbonyl (C=O) groups excluding carboxylic acids is 3. The van der Waals surface area contributed by atoms with Crippen LogP contribution in [0.15, 0.2) is 60.8 Å². The minimum atomic E-state index is -0.790. The Labute approximate surface area is 351 Å². The Bertz CT molecular complexity index is 1050. The third kappa shape index (κ3) is 44.1. The lowest BCUT2D eigenvalue weighted by Crippen LogP contribution is -2.30. The molecule has 1 unspecified atom stereocenters. The van der Waals surface area contributed by atoms with Crippen molar-refractivity contribution in [2.75, 3.05) is 13.2 Å². The van der Waals surface area contributed by atoms with Gasteiger partial charge in [0.15, 0.2) is 6.10 Å². The van der Waals surface area contributed by atoms with Crippen molar-refractivity contribution in [2.24, 2.45) is 0 Å². The molecule has 0 aromatic carbocycles. The second-order valence-corrected chi connectivity index (χ2v) is 15.8. The maximum absolute atomic E-state index is 12.7. The summed E-state index contributed by atoms with van der Waals surface area (Å²) in [4.78, 5) is 37.7. The lowest BCUT2D eigenvalue weighted by Gasteiger charge is -2.18. The topological polar surface area (TPSA) is 78.9 Å². The van der Waals surface area contributed by atoms with Crippen molar-refractivity contribution in [3.8, 4) is 0 Å². The van der Waals surface area contributed by atoms with Crippen LogP contribution in [0.1, 0.15) is 226 Å². The van der Waals surface area contributed by atoms with Gasteiger partial charge in [-0.25, -0.2) is 0 Å². The van der Waals surface area contributed by atoms with Gasteiger partial charge in [0.05, 0.1) is 0 Å². The molecule has 0 bridgehead atoms. The van der Waals surface area contributed by atoms with Crippen molar-refractivity contribution in [1.29, 1.82) is 0 Å². The van der Waals surface area contributed by atoms with E-state index in [1.54, 1.807) is 0 Å². The SMILES string of the molecule is CCCCC\C=C/C=C\C=C/C=C\CCCCCCCC(=O)OCC(COC(=O)CCC/C=C\CCCCCC)OC(=O)CCCCCCCCCCCCCC. The van der Waals surface area contributed by atoms with Crippen LogP contribution in [-0.2, 0) is 28.6 Å². The second-order valence-electron chi connectivity index (χ2n) is 15.8. The lowest BCUT2D eigenvalue weighted by atomic mass is 10.0. The first-order valence-electron chi connectivity index (χ1n) is 23.8. The summed E-state index contributed by atoms with van der Waals surface area (Å²) in [5.74, 6) is -0.951. The van der Waals surface area contributed by atoms with Crippen molar-refractivity contribution in [3.63, 3.8) is 0 Å². The number of hydrogen-bond acceptors (Lipinski definition) is 6. The summed E-state index contributed by atoms with van der Waals surface area (Å²) in [5.41, 5.74) is 0. The van der Waals surface area contributed by atoms with Gasteiger partial charge < -0.3 is 14.2 Å². The monoisotopic (exact) mass is 797 g/mol. The van der Waals surface area contributed by atoms with Crippen LogP contribution in [0, 0.1) is 0 Å². The lowest BCUT2D eigenvalue weighted by molar-refractivity contribution is -0.167. The molecule has 0 fully saturated rings. The van der Waals surface area contributed by atoms with Crippen LogP contribution in [-0.4, -0.2) is 37.2 Å². The molecular formula is C51H88O6. The molecule has 0 amide bonds. The fourth-order valence-corrected chi connectivity index (χ4v) is 6.46. The molecule has 0 aliphatic carbocycles. The average molecular weight is 797 g/mol. The number of rotatable bonds is 42. The zero-order valence-corrected chi connectivity index (χ0v) is 37.3. The van der Waals surface area contributed by atoms with Crippen molar-refractivity contribution >= 4 is 17.9 Å². The molecule has 328 valence electrons. The van der Waals surface area contributed by atoms with Gasteiger partial charge in [0.2, 0.25) is 0 Å². The van der Waals surface area contributed by atoms with Crippen LogP contribution < -0.4 is 0 Å². The van der Waals surface area contributed by atoms with Crippen molar-refractivity contribution in [1.82, 2.24) is 0 Å². The normalized spacial score (nSPS) is 12.5. The van der Waals surface area contributed by atoms with Gasteiger partial charge >= 0.3 is 17.9 Å². The average Bonchev–Trinajstić information content (AvgIpc) is 3.21. The van der Waals surface area contributed by atoms with E-state index in [0.717, 1.165) is 77.0 Å². The number of unbranched alkanes of at least 4 members (excludes halogenated alkanes) is 24. The molecule has 0 radical (unpaired) electrons. The smallest absolute Gasteiger partial charge is 0.306 e. The molecule has 0 N–H and O–H groups in total. The van der Waals surface area contributed by atoms with E-state index in [4.69, 9.17) is 14.2 Å². The van der Waals surface area contributed by atoms with Crippen LogP contribution in [0.3, 0.4) is 0 Å². The van der Waals surface area contributed by atoms with E-state index in [0.29, 0.717) is 25.7 Å². The fourth-order valence-electron chi connectivity index (χ4n) is 6.46. The number of hydrogen-bond donors (Lipinski definition) is 0. The van der Waals surface area contributed by atoms with Gasteiger partial charge in [0.25, 0.3) is 0 Å². The van der Waals surface area contributed by atoms with Crippen LogP contribution in [0.5, 0.6) is 0 Å². The van der Waals surface area contributed by atoms with Crippen LogP contribution in [0.4, 0.5) is 0 Å². The molecule has 0 saturated carbocycles. The molecule has 1 atom stereocenters. The molecule has 0 aliphatic heterocycles. The fraction of sp³-hybridized carbons (Fsp3) is 0.745. The van der Waals surface area contributed by atoms with E-state index in [9.17, 15) is 14.4 Å². The third-order valence-corrected chi connectivity index (χ3v) is 10.1. The molecule has 0 aromatic rings. The van der Waals surface area contributed by atoms with E-state index >= 15 is 0 Å². The molecule has 0 aliphatic rings. The first-order valence-corrected chi connectivity index (χ1v) is 23.8. The largest absolute Gasteiger partial charge is 0.462 e. The van der Waals surface area contributed by atoms with Crippen LogP contribution >= 0.6 is 0 Å². The van der Waals surface area contributed by atoms with E-state index in [2.05, 4.69) is 81.5 Å². The first-order chi connectivity index (χ1) is 28.0. The van der Waals surface area contributed by atoms with E-state index in [-0.39, 0.29) is 31.1 Å². The highest BCUT2D eigenvalue weighted by molar-refractivity contribution is 5.71. The summed E-state index contributed by atoms with van der Waals surface area (Å²) in [5, 5.41) is 0. The van der Waals surface area contributed by atoms with E-state index < -0.39 is 6.10 Å². The Morgan fingerprint density at radius 2 is 0.667 bits per heavy atom. The minimum absolute atomic E-state index is 0.0939. The quantitative estimate of drug-likeness (QED) is 0.0201. The highest BCUT2D eigenvalue weighted by atomic mass is 16.6. The molecule has 0 rings (SSSR count). The summed E-state index contributed by atoms with van der Waals surface area (Å²) in [6.07, 6.45) is 54.9. The summed E-state index contributed by atoms with van der Waals surface area (Å²) >= 11 is 0. The second kappa shape index (κ2) is 45.8. The van der Waals surface area contributed by atoms with E-state index in [1.165, 1.54) is 103 Å². The maximum atomic E-state index is 12.7. The standard InChI is InChI=1S/C51H88O6/c1-4-7-10-13-16-19-21-23-24-25-26-27-28-30-32-35-38-41-44-50(53)56-47-48(46-55-49(52)43-40-37-34-31-18-15-12-9-6-3)57-51(54)45-42-39-36-33-29-22-20-17-14-11-8-5-2/h16,19,21,23-27,31,34,48H,4-15,17-18,20,22,28-30,32-33,35-47H2,1-3H3/b19-16-,23-21-,25-24-,27-26-,34-31-. The highest BCUT2D eigenvalue weighted by Crippen LogP contribution is 2.14. The van der Waals surface area contributed by atoms with Gasteiger partial charge in [0.1, 0.15) is 13.2 Å². The molecule has 0 heterocycles. The van der Waals surface area contributed by atoms with Gasteiger partial charge in [-0.3, -0.25) is 14.4 Å². The number of ether oxygens (including phenoxy) is 3. The Balaban J connectivity index is 4.40.